The Labute approximate surface area is 402 Å². The van der Waals surface area contributed by atoms with E-state index in [1.165, 1.54) is 32.3 Å². The van der Waals surface area contributed by atoms with Gasteiger partial charge in [0.2, 0.25) is 0 Å². The first-order valence-corrected chi connectivity index (χ1v) is 20.9. The third kappa shape index (κ3) is 9.70. The van der Waals surface area contributed by atoms with Gasteiger partial charge in [0.1, 0.15) is 0 Å². The van der Waals surface area contributed by atoms with Gasteiger partial charge in [0.15, 0.2) is 0 Å². The zero-order valence-corrected chi connectivity index (χ0v) is 41.0. The van der Waals surface area contributed by atoms with Crippen LogP contribution in [-0.2, 0) is 53.0 Å². The largest absolute Gasteiger partial charge is 2.00 e. The van der Waals surface area contributed by atoms with Crippen LogP contribution in [0.4, 0.5) is 0 Å². The van der Waals surface area contributed by atoms with Gasteiger partial charge in [-0.05, 0) is 77.3 Å². The molecule has 0 N–H and O–H groups in total. The average Bonchev–Trinajstić information content (AvgIpc) is 3.87. The minimum atomic E-state index is 0. The van der Waals surface area contributed by atoms with Crippen LogP contribution in [0.3, 0.4) is 0 Å². The summed E-state index contributed by atoms with van der Waals surface area (Å²) in [5, 5.41) is 11.6. The van der Waals surface area contributed by atoms with Crippen molar-refractivity contribution in [2.24, 2.45) is 0 Å². The van der Waals surface area contributed by atoms with Crippen LogP contribution in [0, 0.1) is 12.1 Å². The molecule has 6 aromatic carbocycles. The molecule has 0 unspecified atom stereocenters. The standard InChI is InChI=1S/2C15H15N2.2C13H8N.2Pt/c2*1-15(2,3)13-9-8-11-10-6-4-5-7-12(10)16-14(11)17-13;2*1-2-6-12-10(4-1)7-8-11-5-3-9-14-13(11)12;;/h2*4-9H,1-3H3;2*1-5,7-9H;;/q4*-1;2*+2. The molecule has 0 spiro atoms. The quantitative estimate of drug-likeness (QED) is 0.111. The van der Waals surface area contributed by atoms with Crippen LogP contribution in [0.25, 0.3) is 87.2 Å². The number of nitrogens with zero attached hydrogens (tertiary/aromatic N) is 6. The molecule has 12 rings (SSSR count). The van der Waals surface area contributed by atoms with E-state index in [-0.39, 0.29) is 53.0 Å². The van der Waals surface area contributed by atoms with E-state index >= 15 is 0 Å². The van der Waals surface area contributed by atoms with Crippen molar-refractivity contribution < 1.29 is 42.1 Å². The molecule has 0 radical (unpaired) electrons. The fourth-order valence-electron chi connectivity index (χ4n) is 7.62. The van der Waals surface area contributed by atoms with Crippen LogP contribution in [0.2, 0.25) is 0 Å². The van der Waals surface area contributed by atoms with Crippen molar-refractivity contribution in [3.63, 3.8) is 0 Å². The summed E-state index contributed by atoms with van der Waals surface area (Å²) >= 11 is 0. The Balaban J connectivity index is 0.000000127. The number of hydrogen-bond donors (Lipinski definition) is 0. The summed E-state index contributed by atoms with van der Waals surface area (Å²) in [7, 11) is 0. The molecule has 64 heavy (non-hydrogen) atoms. The van der Waals surface area contributed by atoms with Crippen LogP contribution in [0.5, 0.6) is 0 Å². The molecular weight excluding hydrogens is 1150 g/mol. The number of rotatable bonds is 0. The molecule has 8 heteroatoms. The van der Waals surface area contributed by atoms with Gasteiger partial charge in [0.25, 0.3) is 0 Å². The van der Waals surface area contributed by atoms with E-state index in [0.29, 0.717) is 0 Å². The van der Waals surface area contributed by atoms with Gasteiger partial charge in [-0.1, -0.05) is 173 Å². The summed E-state index contributed by atoms with van der Waals surface area (Å²) in [6.45, 7) is 13.0. The Morgan fingerprint density at radius 3 is 1.20 bits per heavy atom. The second-order valence-corrected chi connectivity index (χ2v) is 17.4. The van der Waals surface area contributed by atoms with Crippen molar-refractivity contribution in [3.05, 3.63) is 194 Å². The van der Waals surface area contributed by atoms with Gasteiger partial charge in [0, 0.05) is 12.4 Å². The van der Waals surface area contributed by atoms with Gasteiger partial charge in [-0.3, -0.25) is 0 Å². The molecule has 0 aliphatic heterocycles. The number of para-hydroxylation sites is 2. The molecule has 320 valence electrons. The molecule has 6 heterocycles. The molecule has 6 aromatic heterocycles. The van der Waals surface area contributed by atoms with E-state index in [2.05, 4.69) is 169 Å². The monoisotopic (exact) mass is 1190 g/mol. The first-order chi connectivity index (χ1) is 30.0. The third-order valence-electron chi connectivity index (χ3n) is 10.9. The van der Waals surface area contributed by atoms with Crippen molar-refractivity contribution in [2.45, 2.75) is 52.4 Å². The van der Waals surface area contributed by atoms with E-state index in [9.17, 15) is 0 Å². The van der Waals surface area contributed by atoms with Crippen molar-refractivity contribution >= 4 is 87.2 Å². The third-order valence-corrected chi connectivity index (χ3v) is 10.9. The van der Waals surface area contributed by atoms with Crippen molar-refractivity contribution in [2.75, 3.05) is 0 Å². The molecule has 0 saturated carbocycles. The molecule has 0 aliphatic rings. The molecule has 0 atom stereocenters. The van der Waals surface area contributed by atoms with Crippen LogP contribution in [0.1, 0.15) is 52.9 Å². The van der Waals surface area contributed by atoms with Crippen LogP contribution >= 0.6 is 0 Å². The second kappa shape index (κ2) is 19.4. The smallest absolute Gasteiger partial charge is 0.439 e. The summed E-state index contributed by atoms with van der Waals surface area (Å²) in [4.78, 5) is 27.3. The summed E-state index contributed by atoms with van der Waals surface area (Å²) in [6.07, 6.45) is 3.64. The zero-order chi connectivity index (χ0) is 42.8. The van der Waals surface area contributed by atoms with Gasteiger partial charge < -0.3 is 29.9 Å². The van der Waals surface area contributed by atoms with E-state index in [4.69, 9.17) is 0 Å². The molecule has 12 aromatic rings. The van der Waals surface area contributed by atoms with E-state index in [0.717, 1.165) is 66.3 Å². The Hall–Kier alpha value is -6.06. The van der Waals surface area contributed by atoms with Gasteiger partial charge in [-0.15, -0.1) is 70.1 Å². The molecular formula is C56H46N6Pt2. The number of pyridine rings is 4. The van der Waals surface area contributed by atoms with Crippen molar-refractivity contribution in [1.82, 2.24) is 29.9 Å². The zero-order valence-electron chi connectivity index (χ0n) is 36.5. The predicted octanol–water partition coefficient (Wildman–Crippen LogP) is 13.7. The van der Waals surface area contributed by atoms with Crippen LogP contribution in [0.15, 0.2) is 170 Å². The van der Waals surface area contributed by atoms with Gasteiger partial charge >= 0.3 is 42.1 Å². The number of benzene rings is 6. The maximum absolute atomic E-state index is 4.67. The Kier molecular flexibility index (Phi) is 13.9. The Bertz CT molecular complexity index is 3180. The van der Waals surface area contributed by atoms with Crippen molar-refractivity contribution in [3.8, 4) is 0 Å². The van der Waals surface area contributed by atoms with Gasteiger partial charge in [-0.25, -0.2) is 0 Å². The second-order valence-electron chi connectivity index (χ2n) is 17.4. The summed E-state index contributed by atoms with van der Waals surface area (Å²) < 4.78 is 0. The molecule has 0 amide bonds. The molecule has 0 fully saturated rings. The number of aromatic nitrogens is 6. The molecule has 0 aliphatic carbocycles. The summed E-state index contributed by atoms with van der Waals surface area (Å²) in [6, 6.07) is 59.8. The fraction of sp³-hybridized carbons (Fsp3) is 0.143. The Morgan fingerprint density at radius 2 is 0.781 bits per heavy atom. The SMILES string of the molecule is CC(C)(C)c1ccc2c(n1)[n-]c1ccccc12.CC(C)(C)c1ccc2c(n1)[n-]c1ccccc12.[Pt+2].[Pt+2].[c-]1cccc2ccc3cccnc3c12.[c-]1cccc2ccc3cccnc3c12. The minimum Gasteiger partial charge on any atom is -0.439 e. The van der Waals surface area contributed by atoms with E-state index < -0.39 is 0 Å². The normalized spacial score (nSPS) is 11.3. The first-order valence-electron chi connectivity index (χ1n) is 20.9. The fourth-order valence-corrected chi connectivity index (χ4v) is 7.62. The Morgan fingerprint density at radius 1 is 0.391 bits per heavy atom. The molecule has 0 bridgehead atoms. The van der Waals surface area contributed by atoms with E-state index in [1.807, 2.05) is 85.2 Å². The van der Waals surface area contributed by atoms with Crippen molar-refractivity contribution in [1.29, 1.82) is 0 Å². The molecule has 0 saturated heterocycles. The van der Waals surface area contributed by atoms with Crippen LogP contribution < -0.4 is 9.97 Å². The van der Waals surface area contributed by atoms with Gasteiger partial charge in [0.05, 0.1) is 0 Å². The first kappa shape index (κ1) is 45.9. The minimum absolute atomic E-state index is 0. The predicted molar refractivity (Wildman–Crippen MR) is 259 cm³/mol. The maximum atomic E-state index is 4.67. The number of hydrogen-bond acceptors (Lipinski definition) is 4. The maximum Gasteiger partial charge on any atom is 2.00 e. The molecule has 6 nitrogen and oxygen atoms in total. The van der Waals surface area contributed by atoms with Gasteiger partial charge in [-0.2, -0.15) is 0 Å². The summed E-state index contributed by atoms with van der Waals surface area (Å²) in [5.74, 6) is 0. The average molecular weight is 1190 g/mol. The summed E-state index contributed by atoms with van der Waals surface area (Å²) in [5.41, 5.74) is 8.16. The van der Waals surface area contributed by atoms with E-state index in [1.54, 1.807) is 0 Å². The topological polar surface area (TPSA) is 79.8 Å². The number of fused-ring (bicyclic) bond motifs is 12. The van der Waals surface area contributed by atoms with Crippen LogP contribution in [-0.4, -0.2) is 19.9 Å².